The molecule has 14 heteroatoms. The highest BCUT2D eigenvalue weighted by molar-refractivity contribution is 7.90. The summed E-state index contributed by atoms with van der Waals surface area (Å²) in [6, 6.07) is 6.83. The Morgan fingerprint density at radius 3 is 2.45 bits per heavy atom. The van der Waals surface area contributed by atoms with E-state index >= 15 is 0 Å². The molecule has 2 aromatic carbocycles. The van der Waals surface area contributed by atoms with Crippen molar-refractivity contribution >= 4 is 39.0 Å². The van der Waals surface area contributed by atoms with Crippen LogP contribution in [0.25, 0.3) is 0 Å². The van der Waals surface area contributed by atoms with Crippen molar-refractivity contribution in [2.45, 2.75) is 11.1 Å². The number of hydrazine groups is 1. The predicted molar refractivity (Wildman–Crippen MR) is 97.6 cm³/mol. The number of anilines is 2. The molecule has 0 bridgehead atoms. The summed E-state index contributed by atoms with van der Waals surface area (Å²) < 4.78 is 65.0. The second-order valence-electron chi connectivity index (χ2n) is 5.66. The first-order valence-corrected chi connectivity index (χ1v) is 9.63. The molecule has 29 heavy (non-hydrogen) atoms. The van der Waals surface area contributed by atoms with Gasteiger partial charge in [-0.05, 0) is 42.5 Å². The van der Waals surface area contributed by atoms with Crippen LogP contribution in [0.5, 0.6) is 0 Å². The van der Waals surface area contributed by atoms with Crippen molar-refractivity contribution in [2.75, 3.05) is 17.0 Å². The Labute approximate surface area is 167 Å². The lowest BCUT2D eigenvalue weighted by Crippen LogP contribution is -2.34. The normalized spacial score (nSPS) is 13.9. The molecule has 0 fully saturated rings. The van der Waals surface area contributed by atoms with Crippen molar-refractivity contribution in [2.24, 2.45) is 10.3 Å². The third-order valence-electron chi connectivity index (χ3n) is 3.66. The highest BCUT2D eigenvalue weighted by Crippen LogP contribution is 2.36. The number of amides is 2. The van der Waals surface area contributed by atoms with Crippen molar-refractivity contribution in [3.8, 4) is 0 Å². The van der Waals surface area contributed by atoms with Crippen molar-refractivity contribution in [3.63, 3.8) is 0 Å². The van der Waals surface area contributed by atoms with Gasteiger partial charge in [-0.3, -0.25) is 0 Å². The van der Waals surface area contributed by atoms with Gasteiger partial charge in [0.1, 0.15) is 0 Å². The first-order chi connectivity index (χ1) is 13.6. The molecular weight excluding hydrogens is 437 g/mol. The number of carbonyl (C=O) groups is 1. The quantitative estimate of drug-likeness (QED) is 0.662. The lowest BCUT2D eigenvalue weighted by Gasteiger charge is -2.15. The highest BCUT2D eigenvalue weighted by atomic mass is 35.5. The van der Waals surface area contributed by atoms with Gasteiger partial charge in [0, 0.05) is 5.69 Å². The number of halogens is 4. The van der Waals surface area contributed by atoms with Crippen LogP contribution in [0.15, 0.2) is 57.7 Å². The minimum Gasteiger partial charge on any atom is -0.307 e. The largest absolute Gasteiger partial charge is 0.417 e. The second-order valence-corrected chi connectivity index (χ2v) is 7.75. The Morgan fingerprint density at radius 2 is 1.86 bits per heavy atom. The number of alkyl halides is 3. The van der Waals surface area contributed by atoms with Gasteiger partial charge in [-0.2, -0.15) is 18.7 Å². The zero-order valence-electron chi connectivity index (χ0n) is 14.2. The van der Waals surface area contributed by atoms with Gasteiger partial charge >= 0.3 is 12.2 Å². The van der Waals surface area contributed by atoms with E-state index in [4.69, 9.17) is 11.6 Å². The van der Waals surface area contributed by atoms with Crippen LogP contribution in [0.4, 0.5) is 29.3 Å². The molecule has 0 radical (unpaired) electrons. The maximum absolute atomic E-state index is 12.9. The number of nitrogens with one attached hydrogen (secondary N) is 3. The number of hydrogen-bond acceptors (Lipinski definition) is 7. The molecule has 0 unspecified atom stereocenters. The molecule has 0 spiro atoms. The molecular formula is C15H12ClF3N6O3S. The van der Waals surface area contributed by atoms with Gasteiger partial charge in [0.15, 0.2) is 6.67 Å². The van der Waals surface area contributed by atoms with E-state index in [1.54, 1.807) is 4.72 Å². The highest BCUT2D eigenvalue weighted by Gasteiger charge is 2.33. The fourth-order valence-corrected chi connectivity index (χ4v) is 3.45. The summed E-state index contributed by atoms with van der Waals surface area (Å²) in [6.45, 7) is 0.244. The standard InChI is InChI=1S/C15H12ClF3N6O3S/c16-13-6-1-9(7-12(13)15(17,18)19)21-14(26)22-29(27,28)11-4-2-10(3-5-11)25-8-20-23-24-25/h1-7H,8H2,(H,20,24)(H2,21,22,26). The molecule has 1 heterocycles. The van der Waals surface area contributed by atoms with Crippen molar-refractivity contribution in [1.29, 1.82) is 0 Å². The Morgan fingerprint density at radius 1 is 1.17 bits per heavy atom. The summed E-state index contributed by atoms with van der Waals surface area (Å²) in [6.07, 6.45) is -4.73. The second kappa shape index (κ2) is 7.75. The number of urea groups is 1. The SMILES string of the molecule is O=C(Nc1ccc(Cl)c(C(F)(F)F)c1)NS(=O)(=O)c1ccc(N2CN=NN2)cc1. The maximum Gasteiger partial charge on any atom is 0.417 e. The first kappa shape index (κ1) is 20.7. The van der Waals surface area contributed by atoms with E-state index in [9.17, 15) is 26.4 Å². The van der Waals surface area contributed by atoms with E-state index < -0.39 is 32.8 Å². The average molecular weight is 449 g/mol. The third-order valence-corrected chi connectivity index (χ3v) is 5.33. The minimum atomic E-state index is -4.73. The molecule has 0 atom stereocenters. The van der Waals surface area contributed by atoms with Crippen LogP contribution in [-0.4, -0.2) is 21.1 Å². The average Bonchev–Trinajstić information content (AvgIpc) is 3.17. The number of carbonyl (C=O) groups excluding carboxylic acids is 1. The summed E-state index contributed by atoms with van der Waals surface area (Å²) in [7, 11) is -4.26. The number of hydrogen-bond donors (Lipinski definition) is 3. The summed E-state index contributed by atoms with van der Waals surface area (Å²) in [4.78, 5) is 11.7. The van der Waals surface area contributed by atoms with Gasteiger partial charge < -0.3 is 5.32 Å². The summed E-state index contributed by atoms with van der Waals surface area (Å²) in [5.41, 5.74) is 1.72. The van der Waals surface area contributed by atoms with Crippen molar-refractivity contribution < 1.29 is 26.4 Å². The first-order valence-electron chi connectivity index (χ1n) is 7.76. The maximum atomic E-state index is 12.9. The number of sulfonamides is 1. The molecule has 154 valence electrons. The molecule has 1 aliphatic heterocycles. The Bertz CT molecular complexity index is 1050. The number of nitrogens with zero attached hydrogens (tertiary/aromatic N) is 3. The van der Waals surface area contributed by atoms with Gasteiger partial charge in [0.2, 0.25) is 0 Å². The van der Waals surface area contributed by atoms with Crippen molar-refractivity contribution in [1.82, 2.24) is 10.3 Å². The molecule has 0 aliphatic carbocycles. The van der Waals surface area contributed by atoms with E-state index in [0.717, 1.165) is 12.1 Å². The Balaban J connectivity index is 1.69. The van der Waals surface area contributed by atoms with Gasteiger partial charge in [-0.1, -0.05) is 16.8 Å². The third kappa shape index (κ3) is 4.86. The molecule has 3 rings (SSSR count). The summed E-state index contributed by atoms with van der Waals surface area (Å²) >= 11 is 5.50. The van der Waals surface area contributed by atoms with E-state index in [2.05, 4.69) is 15.9 Å². The van der Waals surface area contributed by atoms with Crippen LogP contribution < -0.4 is 20.6 Å². The fraction of sp³-hybridized carbons (Fsp3) is 0.133. The molecule has 1 aliphatic rings. The van der Waals surface area contributed by atoms with Gasteiger partial charge in [0.05, 0.1) is 21.2 Å². The lowest BCUT2D eigenvalue weighted by molar-refractivity contribution is -0.137. The van der Waals surface area contributed by atoms with E-state index in [1.807, 2.05) is 5.32 Å². The van der Waals surface area contributed by atoms with E-state index in [-0.39, 0.29) is 17.3 Å². The van der Waals surface area contributed by atoms with Gasteiger partial charge in [-0.25, -0.2) is 22.9 Å². The molecule has 0 saturated heterocycles. The summed E-state index contributed by atoms with van der Waals surface area (Å²) in [5.74, 6) is 0. The van der Waals surface area contributed by atoms with Crippen LogP contribution in [0, 0.1) is 0 Å². The van der Waals surface area contributed by atoms with Crippen molar-refractivity contribution in [3.05, 3.63) is 53.1 Å². The van der Waals surface area contributed by atoms with Gasteiger partial charge in [-0.15, -0.1) is 5.11 Å². The smallest absolute Gasteiger partial charge is 0.307 e. The molecule has 2 amide bonds. The number of rotatable bonds is 4. The minimum absolute atomic E-state index is 0.225. The van der Waals surface area contributed by atoms with E-state index in [0.29, 0.717) is 11.8 Å². The van der Waals surface area contributed by atoms with Crippen LogP contribution in [0.1, 0.15) is 5.56 Å². The molecule has 2 aromatic rings. The van der Waals surface area contributed by atoms with E-state index in [1.165, 1.54) is 29.3 Å². The molecule has 9 nitrogen and oxygen atoms in total. The Hall–Kier alpha value is -3.06. The summed E-state index contributed by atoms with van der Waals surface area (Å²) in [5, 5.41) is 10.3. The number of benzene rings is 2. The predicted octanol–water partition coefficient (Wildman–Crippen LogP) is 3.52. The topological polar surface area (TPSA) is 115 Å². The zero-order valence-corrected chi connectivity index (χ0v) is 15.8. The molecule has 3 N–H and O–H groups in total. The van der Waals surface area contributed by atoms with Crippen LogP contribution in [0.2, 0.25) is 5.02 Å². The van der Waals surface area contributed by atoms with Crippen LogP contribution in [0.3, 0.4) is 0 Å². The monoisotopic (exact) mass is 448 g/mol. The molecule has 0 aromatic heterocycles. The Kier molecular flexibility index (Phi) is 5.53. The lowest BCUT2D eigenvalue weighted by atomic mass is 10.2. The van der Waals surface area contributed by atoms with Gasteiger partial charge in [0.25, 0.3) is 10.0 Å². The van der Waals surface area contributed by atoms with Crippen LogP contribution in [-0.2, 0) is 16.2 Å². The van der Waals surface area contributed by atoms with Crippen LogP contribution >= 0.6 is 11.6 Å². The molecule has 0 saturated carbocycles. The fourth-order valence-electron chi connectivity index (χ4n) is 2.31. The zero-order chi connectivity index (χ0) is 21.2.